The molecule has 2 aliphatic rings. The van der Waals surface area contributed by atoms with Gasteiger partial charge in [-0.15, -0.1) is 0 Å². The minimum Gasteiger partial charge on any atom is -0.481 e. The van der Waals surface area contributed by atoms with Crippen molar-refractivity contribution in [2.24, 2.45) is 17.8 Å². The van der Waals surface area contributed by atoms with Crippen molar-refractivity contribution >= 4 is 11.9 Å². The fourth-order valence-electron chi connectivity index (χ4n) is 3.26. The van der Waals surface area contributed by atoms with Crippen LogP contribution in [0.15, 0.2) is 0 Å². The number of carbonyl (C=O) groups excluding carboxylic acids is 1. The summed E-state index contributed by atoms with van der Waals surface area (Å²) >= 11 is 0. The largest absolute Gasteiger partial charge is 0.481 e. The summed E-state index contributed by atoms with van der Waals surface area (Å²) < 4.78 is 0. The lowest BCUT2D eigenvalue weighted by atomic mass is 9.81. The zero-order chi connectivity index (χ0) is 13.8. The van der Waals surface area contributed by atoms with Gasteiger partial charge < -0.3 is 15.1 Å². The maximum Gasteiger partial charge on any atom is 0.306 e. The lowest BCUT2D eigenvalue weighted by molar-refractivity contribution is -0.146. The molecule has 0 spiro atoms. The first-order valence-corrected chi connectivity index (χ1v) is 7.24. The van der Waals surface area contributed by atoms with Gasteiger partial charge in [-0.3, -0.25) is 9.59 Å². The Labute approximate surface area is 113 Å². The number of carbonyl (C=O) groups is 2. The number of carboxylic acids is 1. The summed E-state index contributed by atoms with van der Waals surface area (Å²) in [6.45, 7) is 1.60. The molecule has 0 bridgehead atoms. The van der Waals surface area contributed by atoms with Crippen molar-refractivity contribution in [2.75, 3.05) is 19.7 Å². The predicted octanol–water partition coefficient (Wildman–Crippen LogP) is 1.11. The maximum absolute atomic E-state index is 12.4. The van der Waals surface area contributed by atoms with Gasteiger partial charge in [-0.25, -0.2) is 0 Å². The van der Waals surface area contributed by atoms with E-state index >= 15 is 0 Å². The first-order chi connectivity index (χ1) is 9.11. The van der Waals surface area contributed by atoms with E-state index in [0.29, 0.717) is 32.2 Å². The standard InChI is InChI=1S/C14H23NO4/c16-9-10-2-1-7-15(8-10)13(17)11-3-5-12(6-4-11)14(18)19/h10-12,16H,1-9H2,(H,18,19). The van der Waals surface area contributed by atoms with Crippen molar-refractivity contribution in [3.05, 3.63) is 0 Å². The van der Waals surface area contributed by atoms with Gasteiger partial charge in [0.25, 0.3) is 0 Å². The Balaban J connectivity index is 1.85. The molecule has 1 saturated heterocycles. The summed E-state index contributed by atoms with van der Waals surface area (Å²) in [5.41, 5.74) is 0. The molecular weight excluding hydrogens is 246 g/mol. The second kappa shape index (κ2) is 6.37. The third-order valence-electron chi connectivity index (χ3n) is 4.51. The second-order valence-corrected chi connectivity index (χ2v) is 5.86. The van der Waals surface area contributed by atoms with E-state index in [0.717, 1.165) is 19.4 Å². The van der Waals surface area contributed by atoms with Crippen LogP contribution in [0.2, 0.25) is 0 Å². The van der Waals surface area contributed by atoms with Crippen LogP contribution in [0.3, 0.4) is 0 Å². The van der Waals surface area contributed by atoms with Gasteiger partial charge in [0.15, 0.2) is 0 Å². The zero-order valence-corrected chi connectivity index (χ0v) is 11.3. The average Bonchev–Trinajstić information content (AvgIpc) is 2.46. The van der Waals surface area contributed by atoms with Crippen LogP contribution < -0.4 is 0 Å². The highest BCUT2D eigenvalue weighted by atomic mass is 16.4. The third kappa shape index (κ3) is 3.47. The van der Waals surface area contributed by atoms with Crippen molar-refractivity contribution in [1.82, 2.24) is 4.90 Å². The number of aliphatic carboxylic acids is 1. The molecule has 0 aromatic heterocycles. The molecule has 1 aliphatic carbocycles. The highest BCUT2D eigenvalue weighted by Crippen LogP contribution is 2.31. The Morgan fingerprint density at radius 1 is 1.05 bits per heavy atom. The monoisotopic (exact) mass is 269 g/mol. The van der Waals surface area contributed by atoms with E-state index < -0.39 is 5.97 Å². The van der Waals surface area contributed by atoms with Crippen LogP contribution in [-0.4, -0.2) is 46.7 Å². The normalized spacial score (nSPS) is 32.1. The van der Waals surface area contributed by atoms with E-state index in [9.17, 15) is 14.7 Å². The van der Waals surface area contributed by atoms with E-state index in [2.05, 4.69) is 0 Å². The molecule has 1 amide bonds. The number of aliphatic hydroxyl groups is 1. The summed E-state index contributed by atoms with van der Waals surface area (Å²) in [5, 5.41) is 18.1. The number of hydrogen-bond acceptors (Lipinski definition) is 3. The molecule has 2 rings (SSSR count). The SMILES string of the molecule is O=C(O)C1CCC(C(=O)N2CCCC(CO)C2)CC1. The van der Waals surface area contributed by atoms with Crippen LogP contribution >= 0.6 is 0 Å². The highest BCUT2D eigenvalue weighted by molar-refractivity contribution is 5.79. The van der Waals surface area contributed by atoms with Gasteiger partial charge in [0.05, 0.1) is 5.92 Å². The molecule has 2 fully saturated rings. The van der Waals surface area contributed by atoms with E-state index in [1.54, 1.807) is 0 Å². The highest BCUT2D eigenvalue weighted by Gasteiger charge is 2.33. The van der Waals surface area contributed by atoms with Crippen molar-refractivity contribution in [1.29, 1.82) is 0 Å². The Hall–Kier alpha value is -1.10. The van der Waals surface area contributed by atoms with Crippen molar-refractivity contribution in [3.63, 3.8) is 0 Å². The molecule has 0 aromatic rings. The number of piperidine rings is 1. The topological polar surface area (TPSA) is 77.8 Å². The van der Waals surface area contributed by atoms with Gasteiger partial charge in [-0.2, -0.15) is 0 Å². The smallest absolute Gasteiger partial charge is 0.306 e. The first kappa shape index (κ1) is 14.3. The summed E-state index contributed by atoms with van der Waals surface area (Å²) in [5.74, 6) is -0.622. The Bertz CT molecular complexity index is 336. The van der Waals surface area contributed by atoms with Gasteiger partial charge >= 0.3 is 5.97 Å². The number of rotatable bonds is 3. The number of amides is 1. The minimum absolute atomic E-state index is 0.00644. The summed E-state index contributed by atoms with van der Waals surface area (Å²) in [6.07, 6.45) is 4.56. The average molecular weight is 269 g/mol. The van der Waals surface area contributed by atoms with E-state index in [4.69, 9.17) is 5.11 Å². The Morgan fingerprint density at radius 3 is 2.26 bits per heavy atom. The van der Waals surface area contributed by atoms with Gasteiger partial charge in [0, 0.05) is 25.6 Å². The number of nitrogens with zero attached hydrogens (tertiary/aromatic N) is 1. The van der Waals surface area contributed by atoms with Crippen molar-refractivity contribution < 1.29 is 19.8 Å². The Kier molecular flexibility index (Phi) is 4.80. The molecule has 5 heteroatoms. The number of carboxylic acid groups (broad SMARTS) is 1. The lowest BCUT2D eigenvalue weighted by Crippen LogP contribution is -2.44. The fourth-order valence-corrected chi connectivity index (χ4v) is 3.26. The molecule has 0 radical (unpaired) electrons. The van der Waals surface area contributed by atoms with E-state index in [1.807, 2.05) is 4.90 Å². The number of hydrogen-bond donors (Lipinski definition) is 2. The molecule has 1 aliphatic heterocycles. The second-order valence-electron chi connectivity index (χ2n) is 5.86. The molecule has 5 nitrogen and oxygen atoms in total. The zero-order valence-electron chi connectivity index (χ0n) is 11.3. The maximum atomic E-state index is 12.4. The van der Waals surface area contributed by atoms with E-state index in [1.165, 1.54) is 0 Å². The van der Waals surface area contributed by atoms with Crippen molar-refractivity contribution in [2.45, 2.75) is 38.5 Å². The molecule has 1 heterocycles. The van der Waals surface area contributed by atoms with Crippen LogP contribution in [0.25, 0.3) is 0 Å². The summed E-state index contributed by atoms with van der Waals surface area (Å²) in [7, 11) is 0. The predicted molar refractivity (Wildman–Crippen MR) is 69.5 cm³/mol. The number of likely N-dealkylation sites (tertiary alicyclic amines) is 1. The molecule has 2 N–H and O–H groups in total. The van der Waals surface area contributed by atoms with Crippen LogP contribution in [0.1, 0.15) is 38.5 Å². The fraction of sp³-hybridized carbons (Fsp3) is 0.857. The van der Waals surface area contributed by atoms with Gasteiger partial charge in [0.2, 0.25) is 5.91 Å². The minimum atomic E-state index is -0.732. The van der Waals surface area contributed by atoms with Gasteiger partial charge in [-0.1, -0.05) is 0 Å². The number of aliphatic hydroxyl groups excluding tert-OH is 1. The molecule has 108 valence electrons. The van der Waals surface area contributed by atoms with Gasteiger partial charge in [-0.05, 0) is 44.4 Å². The van der Waals surface area contributed by atoms with Crippen LogP contribution in [-0.2, 0) is 9.59 Å². The quantitative estimate of drug-likeness (QED) is 0.804. The van der Waals surface area contributed by atoms with Gasteiger partial charge in [0.1, 0.15) is 0 Å². The summed E-state index contributed by atoms with van der Waals surface area (Å²) in [6, 6.07) is 0. The molecular formula is C14H23NO4. The molecule has 1 saturated carbocycles. The summed E-state index contributed by atoms with van der Waals surface area (Å²) in [4.78, 5) is 25.2. The third-order valence-corrected chi connectivity index (χ3v) is 4.51. The van der Waals surface area contributed by atoms with Crippen molar-refractivity contribution in [3.8, 4) is 0 Å². The molecule has 19 heavy (non-hydrogen) atoms. The van der Waals surface area contributed by atoms with Crippen LogP contribution in [0.5, 0.6) is 0 Å². The molecule has 1 unspecified atom stereocenters. The van der Waals surface area contributed by atoms with Crippen LogP contribution in [0, 0.1) is 17.8 Å². The lowest BCUT2D eigenvalue weighted by Gasteiger charge is -2.36. The first-order valence-electron chi connectivity index (χ1n) is 7.24. The Morgan fingerprint density at radius 2 is 1.68 bits per heavy atom. The molecule has 0 aromatic carbocycles. The molecule has 1 atom stereocenters. The van der Waals surface area contributed by atoms with E-state index in [-0.39, 0.29) is 30.3 Å². The van der Waals surface area contributed by atoms with Crippen LogP contribution in [0.4, 0.5) is 0 Å².